The molecule has 3 N–H and O–H groups in total. The number of piperidine rings is 1. The van der Waals surface area contributed by atoms with E-state index in [1.807, 2.05) is 0 Å². The molecule has 9 heteroatoms. The molecule has 2 rings (SSSR count). The van der Waals surface area contributed by atoms with Gasteiger partial charge in [0.15, 0.2) is 5.84 Å². The van der Waals surface area contributed by atoms with E-state index in [9.17, 15) is 4.79 Å². The topological polar surface area (TPSA) is 96.3 Å². The molecule has 1 aromatic rings. The number of rotatable bonds is 15. The molecule has 0 spiro atoms. The third kappa shape index (κ3) is 9.08. The van der Waals surface area contributed by atoms with Crippen molar-refractivity contribution in [1.82, 2.24) is 25.3 Å². The lowest BCUT2D eigenvalue weighted by atomic mass is 10.0. The summed E-state index contributed by atoms with van der Waals surface area (Å²) in [5.74, 6) is 0.382. The van der Waals surface area contributed by atoms with Gasteiger partial charge in [0.25, 0.3) is 0 Å². The molecule has 0 radical (unpaired) electrons. The zero-order valence-electron chi connectivity index (χ0n) is 21.8. The van der Waals surface area contributed by atoms with Gasteiger partial charge in [0, 0.05) is 26.2 Å². The highest BCUT2D eigenvalue weighted by Gasteiger charge is 2.21. The molecule has 1 aromatic carbocycles. The molecule has 0 bridgehead atoms. The monoisotopic (exact) mass is 485 g/mol. The first-order chi connectivity index (χ1) is 16.9. The SMILES string of the molecule is C=NC(=N)/C(NC)=C(\NCOCCCC)N(C=O)Cc1ccc(CN2CCC(N(C)C)CC2)cc1. The fourth-order valence-electron chi connectivity index (χ4n) is 4.17. The number of carbonyl (C=O) groups is 1. The lowest BCUT2D eigenvalue weighted by Crippen LogP contribution is -2.41. The number of likely N-dealkylation sites (N-methyl/N-ethyl adjacent to an activating group) is 1. The predicted octanol–water partition coefficient (Wildman–Crippen LogP) is 2.60. The van der Waals surface area contributed by atoms with Gasteiger partial charge in [0.2, 0.25) is 6.41 Å². The normalized spacial score (nSPS) is 15.5. The molecule has 0 atom stereocenters. The van der Waals surface area contributed by atoms with Gasteiger partial charge < -0.3 is 20.3 Å². The van der Waals surface area contributed by atoms with Crippen molar-refractivity contribution in [1.29, 1.82) is 5.41 Å². The summed E-state index contributed by atoms with van der Waals surface area (Å²) >= 11 is 0. The number of hydrogen-bond donors (Lipinski definition) is 3. The minimum Gasteiger partial charge on any atom is -0.382 e. The quantitative estimate of drug-likeness (QED) is 0.116. The van der Waals surface area contributed by atoms with Crippen LogP contribution in [0.4, 0.5) is 0 Å². The maximum absolute atomic E-state index is 12.1. The Bertz CT molecular complexity index is 831. The second-order valence-corrected chi connectivity index (χ2v) is 9.08. The van der Waals surface area contributed by atoms with Crippen molar-refractivity contribution in [2.45, 2.75) is 51.7 Å². The van der Waals surface area contributed by atoms with Crippen LogP contribution >= 0.6 is 0 Å². The van der Waals surface area contributed by atoms with Crippen molar-refractivity contribution >= 4 is 19.0 Å². The molecule has 1 amide bonds. The first-order valence-corrected chi connectivity index (χ1v) is 12.4. The number of nitrogens with zero attached hydrogens (tertiary/aromatic N) is 4. The van der Waals surface area contributed by atoms with Gasteiger partial charge in [-0.15, -0.1) is 0 Å². The highest BCUT2D eigenvalue weighted by Crippen LogP contribution is 2.18. The van der Waals surface area contributed by atoms with Gasteiger partial charge in [-0.2, -0.15) is 0 Å². The summed E-state index contributed by atoms with van der Waals surface area (Å²) < 4.78 is 5.63. The van der Waals surface area contributed by atoms with E-state index in [1.54, 1.807) is 7.05 Å². The molecule has 1 aliphatic heterocycles. The minimum atomic E-state index is -0.0520. The molecule has 0 aromatic heterocycles. The van der Waals surface area contributed by atoms with Gasteiger partial charge in [-0.05, 0) is 64.3 Å². The molecule has 9 nitrogen and oxygen atoms in total. The number of ether oxygens (including phenoxy) is 1. The third-order valence-corrected chi connectivity index (χ3v) is 6.35. The van der Waals surface area contributed by atoms with Crippen LogP contribution in [0.25, 0.3) is 0 Å². The fourth-order valence-corrected chi connectivity index (χ4v) is 4.17. The number of aliphatic imine (C=N–C) groups is 1. The largest absolute Gasteiger partial charge is 0.382 e. The first-order valence-electron chi connectivity index (χ1n) is 12.4. The van der Waals surface area contributed by atoms with Gasteiger partial charge in [0.1, 0.15) is 18.2 Å². The fraction of sp³-hybridized carbons (Fsp3) is 0.577. The number of nitrogens with one attached hydrogen (secondary N) is 3. The maximum Gasteiger partial charge on any atom is 0.215 e. The number of benzene rings is 1. The molecule has 1 heterocycles. The second-order valence-electron chi connectivity index (χ2n) is 9.08. The van der Waals surface area contributed by atoms with E-state index in [4.69, 9.17) is 10.1 Å². The van der Waals surface area contributed by atoms with E-state index >= 15 is 0 Å². The molecule has 1 aliphatic rings. The van der Waals surface area contributed by atoms with Crippen LogP contribution in [0.2, 0.25) is 0 Å². The Hall–Kier alpha value is -2.75. The summed E-state index contributed by atoms with van der Waals surface area (Å²) in [6.07, 6.45) is 5.16. The Morgan fingerprint density at radius 1 is 1.26 bits per heavy atom. The van der Waals surface area contributed by atoms with Gasteiger partial charge in [-0.1, -0.05) is 37.6 Å². The minimum absolute atomic E-state index is 0.0520. The van der Waals surface area contributed by atoms with Crippen LogP contribution in [0.15, 0.2) is 40.8 Å². The molecule has 1 saturated heterocycles. The van der Waals surface area contributed by atoms with Crippen LogP contribution in [-0.2, 0) is 22.6 Å². The summed E-state index contributed by atoms with van der Waals surface area (Å²) in [7, 11) is 6.01. The van der Waals surface area contributed by atoms with Crippen molar-refractivity contribution in [3.63, 3.8) is 0 Å². The summed E-state index contributed by atoms with van der Waals surface area (Å²) in [4.78, 5) is 22.2. The Balaban J connectivity index is 2.06. The van der Waals surface area contributed by atoms with E-state index in [0.29, 0.717) is 30.7 Å². The highest BCUT2D eigenvalue weighted by atomic mass is 16.5. The lowest BCUT2D eigenvalue weighted by Gasteiger charge is -2.35. The smallest absolute Gasteiger partial charge is 0.215 e. The third-order valence-electron chi connectivity index (χ3n) is 6.35. The molecule has 35 heavy (non-hydrogen) atoms. The van der Waals surface area contributed by atoms with Crippen LogP contribution in [0.1, 0.15) is 43.7 Å². The number of likely N-dealkylation sites (tertiary alicyclic amines) is 1. The zero-order valence-corrected chi connectivity index (χ0v) is 21.8. The number of unbranched alkanes of at least 4 members (excludes halogenated alkanes) is 1. The standard InChI is InChI=1S/C26H43N7O2/c1-6-7-16-35-19-30-26(24(28-2)25(27)29-3)33(20-34)18-22-10-8-21(9-11-22)17-32-14-12-23(13-15-32)31(4)5/h8-11,20,23,27-28,30H,3,6-7,12-19H2,1-2,4-5H3/b26-24-,27-25?. The van der Waals surface area contributed by atoms with E-state index in [0.717, 1.165) is 44.4 Å². The van der Waals surface area contributed by atoms with Crippen LogP contribution in [-0.4, -0.2) is 87.3 Å². The predicted molar refractivity (Wildman–Crippen MR) is 142 cm³/mol. The van der Waals surface area contributed by atoms with E-state index in [-0.39, 0.29) is 12.6 Å². The summed E-state index contributed by atoms with van der Waals surface area (Å²) in [6.45, 7) is 9.91. The van der Waals surface area contributed by atoms with Crippen molar-refractivity contribution in [2.75, 3.05) is 47.6 Å². The van der Waals surface area contributed by atoms with E-state index < -0.39 is 0 Å². The summed E-state index contributed by atoms with van der Waals surface area (Å²) in [5.41, 5.74) is 2.64. The number of amides is 1. The van der Waals surface area contributed by atoms with Crippen LogP contribution < -0.4 is 10.6 Å². The van der Waals surface area contributed by atoms with Crippen molar-refractivity contribution < 1.29 is 9.53 Å². The van der Waals surface area contributed by atoms with Gasteiger partial charge in [0.05, 0.1) is 6.54 Å². The Morgan fingerprint density at radius 3 is 2.46 bits per heavy atom. The van der Waals surface area contributed by atoms with Crippen molar-refractivity contribution in [2.24, 2.45) is 4.99 Å². The maximum atomic E-state index is 12.1. The Kier molecular flexibility index (Phi) is 12.4. The second kappa shape index (κ2) is 15.3. The Morgan fingerprint density at radius 2 is 1.91 bits per heavy atom. The van der Waals surface area contributed by atoms with Crippen LogP contribution in [0.5, 0.6) is 0 Å². The lowest BCUT2D eigenvalue weighted by molar-refractivity contribution is -0.117. The average molecular weight is 486 g/mol. The molecular weight excluding hydrogens is 442 g/mol. The number of hydrogen-bond acceptors (Lipinski definition) is 7. The van der Waals surface area contributed by atoms with Gasteiger partial charge in [-0.25, -0.2) is 4.99 Å². The summed E-state index contributed by atoms with van der Waals surface area (Å²) in [5, 5.41) is 14.2. The molecule has 0 saturated carbocycles. The Labute approximate surface area is 210 Å². The van der Waals surface area contributed by atoms with E-state index in [1.165, 1.54) is 23.3 Å². The zero-order chi connectivity index (χ0) is 25.6. The molecular formula is C26H43N7O2. The van der Waals surface area contributed by atoms with Crippen molar-refractivity contribution in [3.8, 4) is 0 Å². The highest BCUT2D eigenvalue weighted by molar-refractivity contribution is 5.98. The van der Waals surface area contributed by atoms with Gasteiger partial charge >= 0.3 is 0 Å². The van der Waals surface area contributed by atoms with Crippen LogP contribution in [0, 0.1) is 5.41 Å². The molecule has 0 aliphatic carbocycles. The molecule has 194 valence electrons. The molecule has 1 fully saturated rings. The number of carbonyl (C=O) groups excluding carboxylic acids is 1. The number of amidine groups is 1. The van der Waals surface area contributed by atoms with Crippen molar-refractivity contribution in [3.05, 3.63) is 46.9 Å². The average Bonchev–Trinajstić information content (AvgIpc) is 2.87. The van der Waals surface area contributed by atoms with E-state index in [2.05, 4.69) is 77.4 Å². The van der Waals surface area contributed by atoms with Crippen LogP contribution in [0.3, 0.4) is 0 Å². The summed E-state index contributed by atoms with van der Waals surface area (Å²) in [6, 6.07) is 9.06. The van der Waals surface area contributed by atoms with Gasteiger partial charge in [-0.3, -0.25) is 20.0 Å². The first kappa shape index (κ1) is 28.5. The molecule has 0 unspecified atom stereocenters.